The Morgan fingerprint density at radius 1 is 1.33 bits per heavy atom. The fraction of sp³-hybridized carbons (Fsp3) is 0. The van der Waals surface area contributed by atoms with Crippen LogP contribution in [0.5, 0.6) is 0 Å². The van der Waals surface area contributed by atoms with Gasteiger partial charge in [-0.1, -0.05) is 0 Å². The van der Waals surface area contributed by atoms with Crippen molar-refractivity contribution in [3.63, 3.8) is 0 Å². The first-order valence-corrected chi connectivity index (χ1v) is 1.64. The molecule has 0 aliphatic heterocycles. The highest BCUT2D eigenvalue weighted by Crippen LogP contribution is 1.61. The van der Waals surface area contributed by atoms with Gasteiger partial charge in [0, 0.05) is 0 Å². The Bertz CT molecular complexity index is 98.4. The van der Waals surface area contributed by atoms with E-state index in [4.69, 9.17) is 0 Å². The number of carbonyl (C=O) groups is 2. The van der Waals surface area contributed by atoms with Crippen LogP contribution < -0.4 is 23.1 Å². The van der Waals surface area contributed by atoms with Crippen LogP contribution >= 0.6 is 0 Å². The van der Waals surface area contributed by atoms with Gasteiger partial charge in [-0.25, -0.2) is 9.59 Å². The number of hydroxylamine groups is 1. The third-order valence-electron chi connectivity index (χ3n) is 0.252. The Morgan fingerprint density at radius 2 is 1.78 bits per heavy atom. The molecule has 0 fully saturated rings. The van der Waals surface area contributed by atoms with Crippen molar-refractivity contribution in [3.8, 4) is 0 Å². The first kappa shape index (κ1) is 10.5. The molecule has 0 unspecified atom stereocenters. The van der Waals surface area contributed by atoms with Crippen molar-refractivity contribution in [2.75, 3.05) is 0 Å². The Hall–Kier alpha value is -1.50. The molecule has 0 aliphatic carbocycles. The van der Waals surface area contributed by atoms with Gasteiger partial charge in [0.1, 0.15) is 0 Å². The first-order chi connectivity index (χ1) is 3.63. The molecular weight excluding hydrogens is 128 g/mol. The van der Waals surface area contributed by atoms with Crippen molar-refractivity contribution in [2.24, 2.45) is 11.5 Å². The van der Waals surface area contributed by atoms with Gasteiger partial charge in [-0.3, -0.25) is 0 Å². The second-order valence-electron chi connectivity index (χ2n) is 0.887. The summed E-state index contributed by atoms with van der Waals surface area (Å²) in [6.07, 6.45) is -1.11. The van der Waals surface area contributed by atoms with Crippen molar-refractivity contribution in [3.05, 3.63) is 0 Å². The number of urea groups is 1. The molecule has 0 rings (SSSR count). The van der Waals surface area contributed by atoms with Crippen LogP contribution in [0.1, 0.15) is 0 Å². The van der Waals surface area contributed by atoms with Gasteiger partial charge in [-0.15, -0.1) is 0 Å². The van der Waals surface area contributed by atoms with Gasteiger partial charge in [0.15, 0.2) is 0 Å². The van der Waals surface area contributed by atoms with E-state index in [0.717, 1.165) is 0 Å². The smallest absolute Gasteiger partial charge is 0.349 e. The third-order valence-corrected chi connectivity index (χ3v) is 0.252. The Morgan fingerprint density at radius 3 is 1.89 bits per heavy atom. The highest BCUT2D eigenvalue weighted by atomic mass is 16.7. The predicted octanol–water partition coefficient (Wildman–Crippen LogP) is -1.17. The van der Waals surface area contributed by atoms with Crippen LogP contribution in [0.3, 0.4) is 0 Å². The molecule has 0 aromatic heterocycles. The van der Waals surface area contributed by atoms with Crippen LogP contribution in [0.2, 0.25) is 0 Å². The van der Waals surface area contributed by atoms with Crippen molar-refractivity contribution in [1.29, 1.82) is 0 Å². The standard InChI is InChI=1S/C2H5N3O3.H3N/c3-1(6)5-8-2(4)7;/h(H2,4,7)(H3,3,5,6);1H3. The number of nitrogens with two attached hydrogens (primary N) is 2. The maximum Gasteiger partial charge on any atom is 0.428 e. The molecule has 9 heavy (non-hydrogen) atoms. The number of carbonyl (C=O) groups excluding carboxylic acids is 2. The lowest BCUT2D eigenvalue weighted by molar-refractivity contribution is 0.111. The molecule has 0 aliphatic rings. The minimum Gasteiger partial charge on any atom is -0.349 e. The van der Waals surface area contributed by atoms with Gasteiger partial charge in [0.05, 0.1) is 0 Å². The molecule has 0 aromatic rings. The van der Waals surface area contributed by atoms with E-state index in [9.17, 15) is 9.59 Å². The Kier molecular flexibility index (Phi) is 5.42. The second kappa shape index (κ2) is 4.65. The maximum absolute atomic E-state index is 9.68. The van der Waals surface area contributed by atoms with E-state index in [0.29, 0.717) is 0 Å². The molecule has 7 heteroatoms. The van der Waals surface area contributed by atoms with E-state index < -0.39 is 12.1 Å². The molecule has 0 saturated carbocycles. The van der Waals surface area contributed by atoms with Gasteiger partial charge in [0.2, 0.25) is 0 Å². The zero-order chi connectivity index (χ0) is 6.57. The number of hydrogen-bond donors (Lipinski definition) is 4. The zero-order valence-electron chi connectivity index (χ0n) is 4.59. The number of hydrogen-bond acceptors (Lipinski definition) is 4. The molecule has 0 atom stereocenters. The lowest BCUT2D eigenvalue weighted by atomic mass is 11.1. The normalized spacial score (nSPS) is 6.67. The quantitative estimate of drug-likeness (QED) is 0.311. The summed E-state index contributed by atoms with van der Waals surface area (Å²) in [5.41, 5.74) is 10.4. The molecule has 0 saturated heterocycles. The third kappa shape index (κ3) is 10.7. The first-order valence-electron chi connectivity index (χ1n) is 1.64. The summed E-state index contributed by atoms with van der Waals surface area (Å²) in [5.74, 6) is 0. The van der Waals surface area contributed by atoms with E-state index in [1.807, 2.05) is 0 Å². The number of rotatable bonds is 0. The molecular formula is C2H8N4O3. The van der Waals surface area contributed by atoms with E-state index >= 15 is 0 Å². The van der Waals surface area contributed by atoms with Crippen LogP contribution in [-0.2, 0) is 4.84 Å². The highest BCUT2D eigenvalue weighted by molar-refractivity contribution is 5.73. The maximum atomic E-state index is 9.68. The number of primary amides is 2. The number of amides is 3. The Labute approximate surface area is 50.9 Å². The van der Waals surface area contributed by atoms with Gasteiger partial charge in [-0.2, -0.15) is 5.48 Å². The van der Waals surface area contributed by atoms with Crippen molar-refractivity contribution in [1.82, 2.24) is 11.6 Å². The van der Waals surface area contributed by atoms with Crippen LogP contribution in [0.4, 0.5) is 9.59 Å². The summed E-state index contributed by atoms with van der Waals surface area (Å²) >= 11 is 0. The molecule has 54 valence electrons. The van der Waals surface area contributed by atoms with Crippen LogP contribution in [0.25, 0.3) is 0 Å². The van der Waals surface area contributed by atoms with E-state index in [1.165, 1.54) is 5.48 Å². The summed E-state index contributed by atoms with van der Waals surface area (Å²) in [5, 5.41) is 0. The lowest BCUT2D eigenvalue weighted by Gasteiger charge is -1.95. The number of nitrogens with one attached hydrogen (secondary N) is 1. The summed E-state index contributed by atoms with van der Waals surface area (Å²) in [6, 6.07) is -0.969. The summed E-state index contributed by atoms with van der Waals surface area (Å²) < 4.78 is 0. The molecule has 3 amide bonds. The SMILES string of the molecule is N.NC(=O)NOC(N)=O. The van der Waals surface area contributed by atoms with E-state index in [1.54, 1.807) is 0 Å². The fourth-order valence-corrected chi connectivity index (χ4v) is 0.101. The minimum atomic E-state index is -1.11. The van der Waals surface area contributed by atoms with E-state index in [2.05, 4.69) is 16.3 Å². The van der Waals surface area contributed by atoms with Crippen LogP contribution in [-0.4, -0.2) is 12.1 Å². The van der Waals surface area contributed by atoms with Gasteiger partial charge >= 0.3 is 12.1 Å². The predicted molar refractivity (Wildman–Crippen MR) is 28.4 cm³/mol. The van der Waals surface area contributed by atoms with Crippen LogP contribution in [0.15, 0.2) is 0 Å². The van der Waals surface area contributed by atoms with Gasteiger partial charge in [-0.05, 0) is 0 Å². The van der Waals surface area contributed by atoms with Gasteiger partial charge < -0.3 is 22.5 Å². The summed E-state index contributed by atoms with van der Waals surface area (Å²) in [7, 11) is 0. The zero-order valence-corrected chi connectivity index (χ0v) is 4.59. The topological polar surface area (TPSA) is 142 Å². The molecule has 0 bridgehead atoms. The molecule has 0 radical (unpaired) electrons. The molecule has 0 spiro atoms. The van der Waals surface area contributed by atoms with Crippen molar-refractivity contribution < 1.29 is 14.4 Å². The van der Waals surface area contributed by atoms with Crippen molar-refractivity contribution >= 4 is 12.1 Å². The molecule has 8 N–H and O–H groups in total. The monoisotopic (exact) mass is 136 g/mol. The highest BCUT2D eigenvalue weighted by Gasteiger charge is 1.93. The minimum absolute atomic E-state index is 0. The van der Waals surface area contributed by atoms with E-state index in [-0.39, 0.29) is 6.15 Å². The average molecular weight is 136 g/mol. The summed E-state index contributed by atoms with van der Waals surface area (Å²) in [4.78, 5) is 23.0. The fourth-order valence-electron chi connectivity index (χ4n) is 0.101. The van der Waals surface area contributed by atoms with Gasteiger partial charge in [0.25, 0.3) is 0 Å². The molecule has 0 aromatic carbocycles. The summed E-state index contributed by atoms with van der Waals surface area (Å²) in [6.45, 7) is 0. The lowest BCUT2D eigenvalue weighted by Crippen LogP contribution is -2.33. The van der Waals surface area contributed by atoms with Crippen LogP contribution in [0, 0.1) is 0 Å². The second-order valence-corrected chi connectivity index (χ2v) is 0.887. The molecule has 0 heterocycles. The van der Waals surface area contributed by atoms with Crippen molar-refractivity contribution in [2.45, 2.75) is 0 Å². The molecule has 7 nitrogen and oxygen atoms in total. The Balaban J connectivity index is 0. The average Bonchev–Trinajstić information content (AvgIpc) is 1.61. The largest absolute Gasteiger partial charge is 0.428 e.